The minimum absolute atomic E-state index is 0.0660. The van der Waals surface area contributed by atoms with Crippen LogP contribution in [-0.4, -0.2) is 58.6 Å². The number of carbonyl (C=O) groups is 1. The van der Waals surface area contributed by atoms with Crippen molar-refractivity contribution in [2.45, 2.75) is 39.5 Å². The van der Waals surface area contributed by atoms with Crippen molar-refractivity contribution in [3.63, 3.8) is 0 Å². The number of nitrogens with zero attached hydrogens (tertiary/aromatic N) is 5. The van der Waals surface area contributed by atoms with Gasteiger partial charge in [-0.1, -0.05) is 13.8 Å². The van der Waals surface area contributed by atoms with Crippen molar-refractivity contribution in [1.29, 1.82) is 0 Å². The molecule has 0 bridgehead atoms. The summed E-state index contributed by atoms with van der Waals surface area (Å²) in [6, 6.07) is 7.84. The zero-order valence-corrected chi connectivity index (χ0v) is 20.4. The van der Waals surface area contributed by atoms with E-state index in [9.17, 15) is 13.2 Å². The molecule has 2 heterocycles. The number of ether oxygens (including phenoxy) is 1. The summed E-state index contributed by atoms with van der Waals surface area (Å²) in [6.45, 7) is 9.59. The standard InChI is InChI=1S/C22H28N6O4S/c1-7-27(8-2)33(30,31)19-13-17(9-10-18(19)32-6)21(29)25-20-12-16(5)26-28(20)22-23-14(3)11-15(4)24-22/h9-13H,7-8H2,1-6H3,(H,25,29). The topological polar surface area (TPSA) is 119 Å². The molecule has 1 amide bonds. The van der Waals surface area contributed by atoms with E-state index < -0.39 is 15.9 Å². The molecule has 0 aliphatic carbocycles. The van der Waals surface area contributed by atoms with Gasteiger partial charge in [-0.25, -0.2) is 18.4 Å². The molecular formula is C22H28N6O4S. The average molecular weight is 473 g/mol. The molecule has 0 unspecified atom stereocenters. The second kappa shape index (κ2) is 9.67. The zero-order chi connectivity index (χ0) is 24.3. The summed E-state index contributed by atoms with van der Waals surface area (Å²) in [5.74, 6) is 0.365. The number of nitrogens with one attached hydrogen (secondary N) is 1. The lowest BCUT2D eigenvalue weighted by atomic mass is 10.2. The first kappa shape index (κ1) is 24.3. The molecule has 33 heavy (non-hydrogen) atoms. The molecule has 3 rings (SSSR count). The van der Waals surface area contributed by atoms with Crippen LogP contribution >= 0.6 is 0 Å². The Morgan fingerprint density at radius 3 is 2.24 bits per heavy atom. The highest BCUT2D eigenvalue weighted by molar-refractivity contribution is 7.89. The number of sulfonamides is 1. The number of hydrogen-bond donors (Lipinski definition) is 1. The monoisotopic (exact) mass is 472 g/mol. The second-order valence-electron chi connectivity index (χ2n) is 7.44. The Hall–Kier alpha value is -3.31. The van der Waals surface area contributed by atoms with E-state index >= 15 is 0 Å². The summed E-state index contributed by atoms with van der Waals surface area (Å²) in [5, 5.41) is 7.18. The van der Waals surface area contributed by atoms with Crippen molar-refractivity contribution < 1.29 is 17.9 Å². The van der Waals surface area contributed by atoms with Gasteiger partial charge in [0, 0.05) is 36.1 Å². The van der Waals surface area contributed by atoms with Gasteiger partial charge in [-0.3, -0.25) is 4.79 Å². The number of methoxy groups -OCH3 is 1. The van der Waals surface area contributed by atoms with Gasteiger partial charge in [0.15, 0.2) is 0 Å². The molecule has 1 aromatic carbocycles. The third-order valence-electron chi connectivity index (χ3n) is 4.98. The molecule has 0 aliphatic heterocycles. The Balaban J connectivity index is 2.00. The van der Waals surface area contributed by atoms with Gasteiger partial charge in [0.2, 0.25) is 10.0 Å². The molecule has 0 aliphatic rings. The lowest BCUT2D eigenvalue weighted by Crippen LogP contribution is -2.31. The number of aryl methyl sites for hydroxylation is 3. The highest BCUT2D eigenvalue weighted by Crippen LogP contribution is 2.28. The van der Waals surface area contributed by atoms with Crippen LogP contribution in [0.25, 0.3) is 5.95 Å². The van der Waals surface area contributed by atoms with Gasteiger partial charge < -0.3 is 10.1 Å². The van der Waals surface area contributed by atoms with Crippen LogP contribution in [0.15, 0.2) is 35.2 Å². The Morgan fingerprint density at radius 1 is 1.03 bits per heavy atom. The van der Waals surface area contributed by atoms with E-state index in [1.54, 1.807) is 26.8 Å². The maximum absolute atomic E-state index is 13.1. The van der Waals surface area contributed by atoms with Crippen molar-refractivity contribution in [3.05, 3.63) is 53.0 Å². The van der Waals surface area contributed by atoms with Crippen LogP contribution in [0.3, 0.4) is 0 Å². The molecule has 0 fully saturated rings. The van der Waals surface area contributed by atoms with Crippen LogP contribution in [0.4, 0.5) is 5.82 Å². The predicted molar refractivity (Wildman–Crippen MR) is 124 cm³/mol. The number of anilines is 1. The smallest absolute Gasteiger partial charge is 0.256 e. The van der Waals surface area contributed by atoms with Gasteiger partial charge in [0.05, 0.1) is 12.8 Å². The summed E-state index contributed by atoms with van der Waals surface area (Å²) >= 11 is 0. The molecule has 2 aromatic heterocycles. The van der Waals surface area contributed by atoms with E-state index in [0.29, 0.717) is 30.5 Å². The van der Waals surface area contributed by atoms with E-state index in [1.807, 2.05) is 19.9 Å². The van der Waals surface area contributed by atoms with E-state index in [-0.39, 0.29) is 16.2 Å². The van der Waals surface area contributed by atoms with E-state index in [1.165, 1.54) is 34.3 Å². The molecule has 0 saturated heterocycles. The molecule has 10 nitrogen and oxygen atoms in total. The molecule has 0 radical (unpaired) electrons. The minimum atomic E-state index is -3.84. The number of rotatable bonds is 8. The van der Waals surface area contributed by atoms with Crippen molar-refractivity contribution in [2.75, 3.05) is 25.5 Å². The summed E-state index contributed by atoms with van der Waals surface area (Å²) in [5.41, 5.74) is 2.36. The van der Waals surface area contributed by atoms with E-state index in [2.05, 4.69) is 20.4 Å². The Bertz CT molecular complexity index is 1260. The molecule has 0 atom stereocenters. The first-order valence-corrected chi connectivity index (χ1v) is 11.9. The first-order valence-electron chi connectivity index (χ1n) is 10.5. The van der Waals surface area contributed by atoms with Crippen molar-refractivity contribution in [3.8, 4) is 11.7 Å². The molecule has 11 heteroatoms. The van der Waals surface area contributed by atoms with Gasteiger partial charge >= 0.3 is 0 Å². The fraction of sp³-hybridized carbons (Fsp3) is 0.364. The highest BCUT2D eigenvalue weighted by atomic mass is 32.2. The van der Waals surface area contributed by atoms with Crippen LogP contribution in [0, 0.1) is 20.8 Å². The number of carbonyl (C=O) groups excluding carboxylic acids is 1. The summed E-state index contributed by atoms with van der Waals surface area (Å²) in [6.07, 6.45) is 0. The first-order chi connectivity index (χ1) is 15.6. The maximum atomic E-state index is 13.1. The van der Waals surface area contributed by atoms with Crippen LogP contribution in [0.2, 0.25) is 0 Å². The molecule has 176 valence electrons. The van der Waals surface area contributed by atoms with Crippen molar-refractivity contribution >= 4 is 21.7 Å². The van der Waals surface area contributed by atoms with Gasteiger partial charge in [-0.15, -0.1) is 0 Å². The lowest BCUT2D eigenvalue weighted by molar-refractivity contribution is 0.102. The van der Waals surface area contributed by atoms with Crippen LogP contribution in [-0.2, 0) is 10.0 Å². The van der Waals surface area contributed by atoms with Gasteiger partial charge in [-0.05, 0) is 45.0 Å². The largest absolute Gasteiger partial charge is 0.495 e. The predicted octanol–water partition coefficient (Wildman–Crippen LogP) is 2.88. The van der Waals surface area contributed by atoms with Gasteiger partial charge in [0.25, 0.3) is 11.9 Å². The van der Waals surface area contributed by atoms with Crippen LogP contribution in [0.5, 0.6) is 5.75 Å². The molecule has 3 aromatic rings. The van der Waals surface area contributed by atoms with E-state index in [0.717, 1.165) is 11.4 Å². The fourth-order valence-corrected chi connectivity index (χ4v) is 5.09. The van der Waals surface area contributed by atoms with Gasteiger partial charge in [0.1, 0.15) is 16.5 Å². The van der Waals surface area contributed by atoms with Crippen LogP contribution in [0.1, 0.15) is 41.3 Å². The lowest BCUT2D eigenvalue weighted by Gasteiger charge is -2.20. The quantitative estimate of drug-likeness (QED) is 0.535. The van der Waals surface area contributed by atoms with Crippen molar-refractivity contribution in [1.82, 2.24) is 24.1 Å². The molecule has 0 saturated carbocycles. The maximum Gasteiger partial charge on any atom is 0.256 e. The van der Waals surface area contributed by atoms with Gasteiger partial charge in [-0.2, -0.15) is 14.1 Å². The number of hydrogen-bond acceptors (Lipinski definition) is 7. The SMILES string of the molecule is CCN(CC)S(=O)(=O)c1cc(C(=O)Nc2cc(C)nn2-c2nc(C)cc(C)n2)ccc1OC. The number of aromatic nitrogens is 4. The van der Waals surface area contributed by atoms with Crippen molar-refractivity contribution in [2.24, 2.45) is 0 Å². The molecule has 1 N–H and O–H groups in total. The molecule has 0 spiro atoms. The average Bonchev–Trinajstić information content (AvgIpc) is 3.13. The summed E-state index contributed by atoms with van der Waals surface area (Å²) in [4.78, 5) is 21.8. The van der Waals surface area contributed by atoms with E-state index in [4.69, 9.17) is 4.74 Å². The summed E-state index contributed by atoms with van der Waals surface area (Å²) in [7, 11) is -2.45. The second-order valence-corrected chi connectivity index (χ2v) is 9.35. The third-order valence-corrected chi connectivity index (χ3v) is 7.05. The minimum Gasteiger partial charge on any atom is -0.495 e. The number of amides is 1. The van der Waals surface area contributed by atoms with Crippen LogP contribution < -0.4 is 10.1 Å². The zero-order valence-electron chi connectivity index (χ0n) is 19.6. The number of benzene rings is 1. The Labute approximate surface area is 193 Å². The normalized spacial score (nSPS) is 11.6. The Kier molecular flexibility index (Phi) is 7.13. The Morgan fingerprint density at radius 2 is 1.67 bits per heavy atom. The summed E-state index contributed by atoms with van der Waals surface area (Å²) < 4.78 is 34.2. The molecular weight excluding hydrogens is 444 g/mol. The fourth-order valence-electron chi connectivity index (χ4n) is 3.45. The highest BCUT2D eigenvalue weighted by Gasteiger charge is 2.27. The third kappa shape index (κ3) is 5.04.